The number of hydrogen-bond acceptors (Lipinski definition) is 4. The Morgan fingerprint density at radius 3 is 2.17 bits per heavy atom. The van der Waals surface area contributed by atoms with Gasteiger partial charge < -0.3 is 10.6 Å². The molecule has 0 spiro atoms. The lowest BCUT2D eigenvalue weighted by Gasteiger charge is -2.17. The van der Waals surface area contributed by atoms with E-state index in [1.165, 1.54) is 12.1 Å². The molecule has 2 amide bonds. The molecule has 1 unspecified atom stereocenters. The number of benzene rings is 2. The first-order chi connectivity index (χ1) is 13.7. The summed E-state index contributed by atoms with van der Waals surface area (Å²) in [5.74, 6) is -0.263. The average Bonchev–Trinajstić information content (AvgIpc) is 3.53. The molecule has 0 heterocycles. The van der Waals surface area contributed by atoms with Crippen molar-refractivity contribution in [1.29, 1.82) is 0 Å². The minimum absolute atomic E-state index is 0.0397. The highest BCUT2D eigenvalue weighted by Crippen LogP contribution is 2.30. The van der Waals surface area contributed by atoms with Gasteiger partial charge in [0.25, 0.3) is 5.91 Å². The Kier molecular flexibility index (Phi) is 6.07. The minimum Gasteiger partial charge on any atom is -0.345 e. The zero-order valence-electron chi connectivity index (χ0n) is 16.8. The number of nitrogens with one attached hydrogen (secondary N) is 2. The van der Waals surface area contributed by atoms with Crippen LogP contribution in [-0.2, 0) is 14.6 Å². The van der Waals surface area contributed by atoms with Gasteiger partial charge in [-0.05, 0) is 63.4 Å². The topological polar surface area (TPSA) is 92.3 Å². The molecule has 3 rings (SSSR count). The van der Waals surface area contributed by atoms with E-state index in [1.54, 1.807) is 38.1 Å². The lowest BCUT2D eigenvalue weighted by molar-refractivity contribution is -0.117. The van der Waals surface area contributed by atoms with Crippen LogP contribution in [0.25, 0.3) is 0 Å². The van der Waals surface area contributed by atoms with Gasteiger partial charge in [-0.1, -0.05) is 24.3 Å². The standard InChI is InChI=1S/C22H26N2O4S/c1-14(2)29(27,28)20-7-5-4-6-19(20)22(26)23-15(3)16-10-12-18(13-11-16)24-21(25)17-8-9-17/h4-7,10-15,17H,8-9H2,1-3H3,(H,23,26)(H,24,25). The van der Waals surface area contributed by atoms with Crippen molar-refractivity contribution in [3.8, 4) is 0 Å². The predicted octanol–water partition coefficient (Wildman–Crippen LogP) is 3.71. The Morgan fingerprint density at radius 1 is 0.966 bits per heavy atom. The fourth-order valence-electron chi connectivity index (χ4n) is 2.96. The van der Waals surface area contributed by atoms with Gasteiger partial charge in [-0.2, -0.15) is 0 Å². The lowest BCUT2D eigenvalue weighted by Crippen LogP contribution is -2.29. The monoisotopic (exact) mass is 414 g/mol. The van der Waals surface area contributed by atoms with Crippen LogP contribution in [-0.4, -0.2) is 25.5 Å². The molecule has 154 valence electrons. The maximum absolute atomic E-state index is 12.8. The minimum atomic E-state index is -3.57. The summed E-state index contributed by atoms with van der Waals surface area (Å²) in [7, 11) is -3.57. The first-order valence-corrected chi connectivity index (χ1v) is 11.3. The van der Waals surface area contributed by atoms with E-state index in [0.29, 0.717) is 0 Å². The van der Waals surface area contributed by atoms with Crippen LogP contribution in [0.2, 0.25) is 0 Å². The predicted molar refractivity (Wildman–Crippen MR) is 112 cm³/mol. The van der Waals surface area contributed by atoms with Gasteiger partial charge in [-0.25, -0.2) is 8.42 Å². The van der Waals surface area contributed by atoms with Crippen LogP contribution in [0.3, 0.4) is 0 Å². The summed E-state index contributed by atoms with van der Waals surface area (Å²) in [5, 5.41) is 5.12. The SMILES string of the molecule is CC(NC(=O)c1ccccc1S(=O)(=O)C(C)C)c1ccc(NC(=O)C2CC2)cc1. The maximum atomic E-state index is 12.8. The Morgan fingerprint density at radius 2 is 1.59 bits per heavy atom. The van der Waals surface area contributed by atoms with Crippen LogP contribution in [0.5, 0.6) is 0 Å². The highest BCUT2D eigenvalue weighted by atomic mass is 32.2. The zero-order valence-corrected chi connectivity index (χ0v) is 17.6. The molecule has 6 nitrogen and oxygen atoms in total. The second-order valence-electron chi connectivity index (χ2n) is 7.67. The van der Waals surface area contributed by atoms with Crippen molar-refractivity contribution in [2.75, 3.05) is 5.32 Å². The molecular formula is C22H26N2O4S. The molecule has 2 N–H and O–H groups in total. The van der Waals surface area contributed by atoms with Crippen LogP contribution >= 0.6 is 0 Å². The molecule has 2 aromatic carbocycles. The molecule has 1 aliphatic carbocycles. The van der Waals surface area contributed by atoms with Gasteiger partial charge in [-0.3, -0.25) is 9.59 Å². The van der Waals surface area contributed by atoms with E-state index in [4.69, 9.17) is 0 Å². The van der Waals surface area contributed by atoms with Gasteiger partial charge in [0.2, 0.25) is 5.91 Å². The molecular weight excluding hydrogens is 388 g/mol. The summed E-state index contributed by atoms with van der Waals surface area (Å²) in [6.45, 7) is 5.02. The van der Waals surface area contributed by atoms with Gasteiger partial charge in [0.1, 0.15) is 0 Å². The second-order valence-corrected chi connectivity index (χ2v) is 10.1. The summed E-state index contributed by atoms with van der Waals surface area (Å²) in [4.78, 5) is 24.7. The summed E-state index contributed by atoms with van der Waals surface area (Å²) < 4.78 is 25.2. The molecule has 0 aliphatic heterocycles. The fraction of sp³-hybridized carbons (Fsp3) is 0.364. The van der Waals surface area contributed by atoms with Crippen molar-refractivity contribution in [3.63, 3.8) is 0 Å². The van der Waals surface area contributed by atoms with Gasteiger partial charge in [0.05, 0.1) is 21.8 Å². The number of sulfone groups is 1. The van der Waals surface area contributed by atoms with Crippen molar-refractivity contribution < 1.29 is 18.0 Å². The number of hydrogen-bond donors (Lipinski definition) is 2. The van der Waals surface area contributed by atoms with E-state index < -0.39 is 21.0 Å². The number of carbonyl (C=O) groups is 2. The van der Waals surface area contributed by atoms with Gasteiger partial charge >= 0.3 is 0 Å². The van der Waals surface area contributed by atoms with Crippen molar-refractivity contribution in [2.45, 2.75) is 49.8 Å². The number of amides is 2. The van der Waals surface area contributed by atoms with Crippen LogP contribution in [0, 0.1) is 5.92 Å². The number of carbonyl (C=O) groups excluding carboxylic acids is 2. The molecule has 0 bridgehead atoms. The third-order valence-electron chi connectivity index (χ3n) is 5.03. The molecule has 0 radical (unpaired) electrons. The van der Waals surface area contributed by atoms with Crippen LogP contribution < -0.4 is 10.6 Å². The Balaban J connectivity index is 1.72. The summed E-state index contributed by atoms with van der Waals surface area (Å²) in [6.07, 6.45) is 1.89. The van der Waals surface area contributed by atoms with E-state index in [0.717, 1.165) is 24.1 Å². The summed E-state index contributed by atoms with van der Waals surface area (Å²) in [6, 6.07) is 13.2. The summed E-state index contributed by atoms with van der Waals surface area (Å²) >= 11 is 0. The van der Waals surface area contributed by atoms with Crippen molar-refractivity contribution >= 4 is 27.3 Å². The second kappa shape index (κ2) is 8.37. The van der Waals surface area contributed by atoms with Gasteiger partial charge in [0.15, 0.2) is 9.84 Å². The lowest BCUT2D eigenvalue weighted by atomic mass is 10.1. The van der Waals surface area contributed by atoms with Gasteiger partial charge in [-0.15, -0.1) is 0 Å². The zero-order chi connectivity index (χ0) is 21.2. The fourth-order valence-corrected chi connectivity index (χ4v) is 4.20. The molecule has 1 aliphatic rings. The van der Waals surface area contributed by atoms with Crippen molar-refractivity contribution in [3.05, 3.63) is 59.7 Å². The maximum Gasteiger partial charge on any atom is 0.253 e. The Hall–Kier alpha value is -2.67. The van der Waals surface area contributed by atoms with Gasteiger partial charge in [0, 0.05) is 11.6 Å². The van der Waals surface area contributed by atoms with Crippen LogP contribution in [0.4, 0.5) is 5.69 Å². The van der Waals surface area contributed by atoms with Crippen LogP contribution in [0.1, 0.15) is 55.6 Å². The average molecular weight is 415 g/mol. The molecule has 0 saturated heterocycles. The third kappa shape index (κ3) is 4.85. The van der Waals surface area contributed by atoms with E-state index in [9.17, 15) is 18.0 Å². The first kappa shape index (κ1) is 21.0. The normalized spacial score (nSPS) is 15.0. The molecule has 1 saturated carbocycles. The molecule has 1 fully saturated rings. The first-order valence-electron chi connectivity index (χ1n) is 9.74. The molecule has 1 atom stereocenters. The number of rotatable bonds is 7. The molecule has 2 aromatic rings. The van der Waals surface area contributed by atoms with E-state index in [2.05, 4.69) is 10.6 Å². The van der Waals surface area contributed by atoms with Crippen molar-refractivity contribution in [1.82, 2.24) is 5.32 Å². The largest absolute Gasteiger partial charge is 0.345 e. The Labute approximate surface area is 171 Å². The highest BCUT2D eigenvalue weighted by Gasteiger charge is 2.29. The summed E-state index contributed by atoms with van der Waals surface area (Å²) in [5.41, 5.74) is 1.71. The van der Waals surface area contributed by atoms with E-state index in [-0.39, 0.29) is 28.3 Å². The molecule has 7 heteroatoms. The van der Waals surface area contributed by atoms with E-state index >= 15 is 0 Å². The molecule has 29 heavy (non-hydrogen) atoms. The van der Waals surface area contributed by atoms with E-state index in [1.807, 2.05) is 19.1 Å². The third-order valence-corrected chi connectivity index (χ3v) is 7.24. The van der Waals surface area contributed by atoms with Crippen LogP contribution in [0.15, 0.2) is 53.4 Å². The quantitative estimate of drug-likeness (QED) is 0.722. The smallest absolute Gasteiger partial charge is 0.253 e. The van der Waals surface area contributed by atoms with Crippen molar-refractivity contribution in [2.24, 2.45) is 5.92 Å². The Bertz CT molecular complexity index is 1010. The highest BCUT2D eigenvalue weighted by molar-refractivity contribution is 7.92. The number of anilines is 1. The molecule has 0 aromatic heterocycles.